The maximum Gasteiger partial charge on any atom is 0.165 e. The van der Waals surface area contributed by atoms with Crippen molar-refractivity contribution in [2.75, 3.05) is 18.6 Å². The van der Waals surface area contributed by atoms with Gasteiger partial charge in [-0.15, -0.1) is 11.3 Å². The molecule has 0 unspecified atom stereocenters. The number of fused-ring (bicyclic) bond motifs is 2. The van der Waals surface area contributed by atoms with E-state index in [2.05, 4.69) is 56.2 Å². The lowest BCUT2D eigenvalue weighted by Crippen LogP contribution is -2.26. The van der Waals surface area contributed by atoms with E-state index in [9.17, 15) is 0 Å². The van der Waals surface area contributed by atoms with Gasteiger partial charge >= 0.3 is 0 Å². The minimum absolute atomic E-state index is 0.541. The molecule has 4 aromatic rings. The fraction of sp³-hybridized carbons (Fsp3) is 0.360. The van der Waals surface area contributed by atoms with Crippen molar-refractivity contribution in [3.63, 3.8) is 0 Å². The van der Waals surface area contributed by atoms with Crippen LogP contribution >= 0.6 is 11.3 Å². The monoisotopic (exact) mass is 448 g/mol. The van der Waals surface area contributed by atoms with E-state index < -0.39 is 0 Å². The molecule has 0 radical (unpaired) electrons. The van der Waals surface area contributed by atoms with Gasteiger partial charge in [0.05, 0.1) is 38.3 Å². The molecule has 5 rings (SSSR count). The first-order valence-corrected chi connectivity index (χ1v) is 11.8. The third-order valence-electron chi connectivity index (χ3n) is 6.10. The lowest BCUT2D eigenvalue weighted by molar-refractivity contribution is 0.133. The second-order valence-corrected chi connectivity index (χ2v) is 9.33. The van der Waals surface area contributed by atoms with Crippen LogP contribution in [0.4, 0.5) is 5.82 Å². The average Bonchev–Trinajstić information content (AvgIpc) is 3.49. The van der Waals surface area contributed by atoms with Crippen LogP contribution in [0.25, 0.3) is 16.8 Å². The van der Waals surface area contributed by atoms with Gasteiger partial charge < -0.3 is 14.4 Å². The van der Waals surface area contributed by atoms with Crippen molar-refractivity contribution < 1.29 is 9.47 Å². The van der Waals surface area contributed by atoms with E-state index in [1.54, 1.807) is 7.11 Å². The third kappa shape index (κ3) is 3.45. The molecule has 0 bridgehead atoms. The molecule has 1 aromatic carbocycles. The van der Waals surface area contributed by atoms with Crippen molar-refractivity contribution >= 4 is 22.8 Å². The van der Waals surface area contributed by atoms with Crippen LogP contribution in [-0.2, 0) is 24.5 Å². The number of hydrogen-bond donors (Lipinski definition) is 0. The summed E-state index contributed by atoms with van der Waals surface area (Å²) >= 11 is 1.81. The summed E-state index contributed by atoms with van der Waals surface area (Å²) in [5.41, 5.74) is 8.67. The number of hydrogen-bond acceptors (Lipinski definition) is 6. The summed E-state index contributed by atoms with van der Waals surface area (Å²) in [6.45, 7) is 11.3. The second kappa shape index (κ2) is 8.22. The Morgan fingerprint density at radius 3 is 2.72 bits per heavy atom. The van der Waals surface area contributed by atoms with Crippen LogP contribution in [-0.4, -0.2) is 28.3 Å². The number of aromatic nitrogens is 3. The summed E-state index contributed by atoms with van der Waals surface area (Å²) in [5, 5.41) is 7.21. The minimum atomic E-state index is 0.541. The van der Waals surface area contributed by atoms with Crippen LogP contribution in [0.2, 0.25) is 0 Å². The molecule has 6 nitrogen and oxygen atoms in total. The standard InChI is InChI=1S/C25H28N4O2S/c1-6-28(11-19-9-15(2)14-32-19)25-21-12-31-13-22(21)26-24-23(17(4)27-29(24)25)20-8-7-18(30-5)10-16(20)3/h7-10,14H,6,11-13H2,1-5H3. The Morgan fingerprint density at radius 1 is 1.19 bits per heavy atom. The van der Waals surface area contributed by atoms with Crippen molar-refractivity contribution in [2.45, 2.75) is 47.5 Å². The van der Waals surface area contributed by atoms with Crippen molar-refractivity contribution in [1.82, 2.24) is 14.6 Å². The van der Waals surface area contributed by atoms with E-state index >= 15 is 0 Å². The first-order chi connectivity index (χ1) is 15.5. The number of thiophene rings is 1. The summed E-state index contributed by atoms with van der Waals surface area (Å²) in [7, 11) is 1.70. The predicted molar refractivity (Wildman–Crippen MR) is 129 cm³/mol. The first-order valence-electron chi connectivity index (χ1n) is 10.9. The number of rotatable bonds is 6. The average molecular weight is 449 g/mol. The minimum Gasteiger partial charge on any atom is -0.497 e. The van der Waals surface area contributed by atoms with Crippen LogP contribution in [0.5, 0.6) is 5.75 Å². The highest BCUT2D eigenvalue weighted by Crippen LogP contribution is 2.37. The fourth-order valence-corrected chi connectivity index (χ4v) is 5.41. The molecule has 0 spiro atoms. The highest BCUT2D eigenvalue weighted by molar-refractivity contribution is 7.10. The normalized spacial score (nSPS) is 13.0. The van der Waals surface area contributed by atoms with Crippen molar-refractivity contribution in [1.29, 1.82) is 0 Å². The number of benzene rings is 1. The van der Waals surface area contributed by atoms with E-state index in [4.69, 9.17) is 19.6 Å². The summed E-state index contributed by atoms with van der Waals surface area (Å²) in [6.07, 6.45) is 0. The zero-order valence-electron chi connectivity index (χ0n) is 19.2. The van der Waals surface area contributed by atoms with Gasteiger partial charge in [0.1, 0.15) is 11.6 Å². The Kier molecular flexibility index (Phi) is 5.39. The van der Waals surface area contributed by atoms with E-state index in [0.717, 1.165) is 63.9 Å². The molecule has 1 aliphatic rings. The van der Waals surface area contributed by atoms with Crippen LogP contribution in [0.3, 0.4) is 0 Å². The van der Waals surface area contributed by atoms with Crippen LogP contribution in [0, 0.1) is 20.8 Å². The van der Waals surface area contributed by atoms with Crippen LogP contribution in [0.1, 0.15) is 39.9 Å². The van der Waals surface area contributed by atoms with E-state index in [1.807, 2.05) is 21.9 Å². The Bertz CT molecular complexity index is 1310. The van der Waals surface area contributed by atoms with Gasteiger partial charge in [-0.05, 0) is 68.0 Å². The van der Waals surface area contributed by atoms with Gasteiger partial charge in [-0.1, -0.05) is 6.07 Å². The molecule has 166 valence electrons. The number of ether oxygens (including phenoxy) is 2. The molecule has 0 N–H and O–H groups in total. The molecule has 0 amide bonds. The molecular formula is C25H28N4O2S. The van der Waals surface area contributed by atoms with Gasteiger partial charge in [0.15, 0.2) is 5.65 Å². The third-order valence-corrected chi connectivity index (χ3v) is 7.14. The number of methoxy groups -OCH3 is 1. The molecule has 0 saturated heterocycles. The predicted octanol–water partition coefficient (Wildman–Crippen LogP) is 5.45. The highest BCUT2D eigenvalue weighted by Gasteiger charge is 2.28. The summed E-state index contributed by atoms with van der Waals surface area (Å²) in [6, 6.07) is 8.44. The number of nitrogens with zero attached hydrogens (tertiary/aromatic N) is 4. The molecule has 0 aliphatic carbocycles. The summed E-state index contributed by atoms with van der Waals surface area (Å²) in [5.74, 6) is 1.95. The Balaban J connectivity index is 1.71. The van der Waals surface area contributed by atoms with Gasteiger partial charge in [0, 0.05) is 22.5 Å². The Labute approximate surface area is 192 Å². The van der Waals surface area contributed by atoms with Gasteiger partial charge in [-0.25, -0.2) is 4.98 Å². The SMILES string of the molecule is CCN(Cc1cc(C)cs1)c1c2c(nc3c(-c4ccc(OC)cc4C)c(C)nn13)COC2. The van der Waals surface area contributed by atoms with Gasteiger partial charge in [0.25, 0.3) is 0 Å². The van der Waals surface area contributed by atoms with E-state index in [-0.39, 0.29) is 0 Å². The second-order valence-electron chi connectivity index (χ2n) is 8.33. The van der Waals surface area contributed by atoms with E-state index in [0.29, 0.717) is 13.2 Å². The first kappa shape index (κ1) is 21.0. The van der Waals surface area contributed by atoms with Crippen molar-refractivity contribution in [3.8, 4) is 16.9 Å². The molecule has 1 aliphatic heterocycles. The van der Waals surface area contributed by atoms with Gasteiger partial charge in [-0.3, -0.25) is 0 Å². The summed E-state index contributed by atoms with van der Waals surface area (Å²) < 4.78 is 13.3. The van der Waals surface area contributed by atoms with Crippen molar-refractivity contribution in [2.24, 2.45) is 0 Å². The smallest absolute Gasteiger partial charge is 0.165 e. The number of anilines is 1. The molecule has 4 heterocycles. The molecule has 3 aromatic heterocycles. The number of aryl methyl sites for hydroxylation is 3. The van der Waals surface area contributed by atoms with Crippen LogP contribution in [0.15, 0.2) is 29.6 Å². The summed E-state index contributed by atoms with van der Waals surface area (Å²) in [4.78, 5) is 8.78. The molecule has 0 atom stereocenters. The largest absolute Gasteiger partial charge is 0.497 e. The van der Waals surface area contributed by atoms with E-state index in [1.165, 1.54) is 10.4 Å². The maximum absolute atomic E-state index is 5.83. The fourth-order valence-electron chi connectivity index (χ4n) is 4.52. The molecule has 32 heavy (non-hydrogen) atoms. The lowest BCUT2D eigenvalue weighted by atomic mass is 10.0. The highest BCUT2D eigenvalue weighted by atomic mass is 32.1. The Hall–Kier alpha value is -2.90. The molecule has 7 heteroatoms. The molecule has 0 saturated carbocycles. The topological polar surface area (TPSA) is 51.9 Å². The van der Waals surface area contributed by atoms with Crippen molar-refractivity contribution in [3.05, 3.63) is 62.6 Å². The van der Waals surface area contributed by atoms with Crippen LogP contribution < -0.4 is 9.64 Å². The van der Waals surface area contributed by atoms with Gasteiger partial charge in [-0.2, -0.15) is 9.61 Å². The van der Waals surface area contributed by atoms with Gasteiger partial charge in [0.2, 0.25) is 0 Å². The molecule has 0 fully saturated rings. The zero-order chi connectivity index (χ0) is 22.4. The zero-order valence-corrected chi connectivity index (χ0v) is 20.0. The molecular weight excluding hydrogens is 420 g/mol. The quantitative estimate of drug-likeness (QED) is 0.393. The maximum atomic E-state index is 5.83. The Morgan fingerprint density at radius 2 is 2.03 bits per heavy atom. The lowest BCUT2D eigenvalue weighted by Gasteiger charge is -2.25.